The van der Waals surface area contributed by atoms with E-state index in [2.05, 4.69) is 11.4 Å². The first-order valence-corrected chi connectivity index (χ1v) is 8.82. The van der Waals surface area contributed by atoms with Crippen molar-refractivity contribution >= 4 is 23.2 Å². The number of rotatable bonds is 5. The van der Waals surface area contributed by atoms with E-state index in [0.717, 1.165) is 24.8 Å². The minimum absolute atomic E-state index is 0.0195. The van der Waals surface area contributed by atoms with Gasteiger partial charge < -0.3 is 10.1 Å². The molecule has 1 N–H and O–H groups in total. The van der Waals surface area contributed by atoms with Crippen LogP contribution in [0.2, 0.25) is 5.02 Å². The average molecular weight is 375 g/mol. The Labute approximate surface area is 156 Å². The predicted molar refractivity (Wildman–Crippen MR) is 98.5 cm³/mol. The summed E-state index contributed by atoms with van der Waals surface area (Å²) in [6, 6.07) is 12.1. The number of nitro benzene ring substituents is 1. The van der Waals surface area contributed by atoms with Gasteiger partial charge in [-0.15, -0.1) is 0 Å². The maximum atomic E-state index is 12.5. The van der Waals surface area contributed by atoms with Crippen LogP contribution in [0.3, 0.4) is 0 Å². The van der Waals surface area contributed by atoms with E-state index in [9.17, 15) is 14.9 Å². The third kappa shape index (κ3) is 3.96. The van der Waals surface area contributed by atoms with Gasteiger partial charge in [-0.1, -0.05) is 35.9 Å². The second kappa shape index (κ2) is 7.74. The van der Waals surface area contributed by atoms with Crippen LogP contribution in [0.4, 0.5) is 5.69 Å². The molecule has 1 aliphatic carbocycles. The molecule has 136 valence electrons. The van der Waals surface area contributed by atoms with E-state index in [1.165, 1.54) is 23.8 Å². The molecular weight excluding hydrogens is 356 g/mol. The highest BCUT2D eigenvalue weighted by atomic mass is 35.5. The Bertz CT molecular complexity index is 840. The van der Waals surface area contributed by atoms with Crippen molar-refractivity contribution in [3.63, 3.8) is 0 Å². The van der Waals surface area contributed by atoms with Crippen molar-refractivity contribution < 1.29 is 14.5 Å². The minimum Gasteiger partial charge on any atom is -0.474 e. The molecule has 26 heavy (non-hydrogen) atoms. The summed E-state index contributed by atoms with van der Waals surface area (Å²) >= 11 is 5.80. The smallest absolute Gasteiger partial charge is 0.312 e. The maximum Gasteiger partial charge on any atom is 0.312 e. The molecule has 0 bridgehead atoms. The number of nitrogens with zero attached hydrogens (tertiary/aromatic N) is 1. The summed E-state index contributed by atoms with van der Waals surface area (Å²) in [5, 5.41) is 14.4. The molecule has 2 atom stereocenters. The normalized spacial score (nSPS) is 17.1. The summed E-state index contributed by atoms with van der Waals surface area (Å²) in [5.74, 6) is -0.290. The van der Waals surface area contributed by atoms with E-state index in [1.54, 1.807) is 6.92 Å². The molecule has 1 amide bonds. The van der Waals surface area contributed by atoms with Gasteiger partial charge in [-0.2, -0.15) is 0 Å². The van der Waals surface area contributed by atoms with E-state index in [4.69, 9.17) is 16.3 Å². The Hall–Kier alpha value is -2.60. The average Bonchev–Trinajstić information content (AvgIpc) is 2.63. The Balaban J connectivity index is 1.71. The number of nitro groups is 1. The van der Waals surface area contributed by atoms with Crippen LogP contribution < -0.4 is 10.1 Å². The largest absolute Gasteiger partial charge is 0.474 e. The van der Waals surface area contributed by atoms with Crippen LogP contribution in [-0.2, 0) is 11.2 Å². The number of aryl methyl sites for hydroxylation is 1. The van der Waals surface area contributed by atoms with E-state index in [-0.39, 0.29) is 28.4 Å². The molecule has 1 aliphatic rings. The number of carbonyl (C=O) groups excluding carboxylic acids is 1. The van der Waals surface area contributed by atoms with Crippen molar-refractivity contribution in [2.24, 2.45) is 0 Å². The quantitative estimate of drug-likeness (QED) is 0.627. The molecule has 0 aliphatic heterocycles. The van der Waals surface area contributed by atoms with Gasteiger partial charge >= 0.3 is 5.69 Å². The van der Waals surface area contributed by atoms with Gasteiger partial charge in [-0.05, 0) is 49.4 Å². The number of hydrogen-bond acceptors (Lipinski definition) is 4. The van der Waals surface area contributed by atoms with Crippen LogP contribution in [0.15, 0.2) is 42.5 Å². The summed E-state index contributed by atoms with van der Waals surface area (Å²) in [4.78, 5) is 23.1. The summed E-state index contributed by atoms with van der Waals surface area (Å²) < 4.78 is 5.54. The number of carbonyl (C=O) groups is 1. The Morgan fingerprint density at radius 2 is 2.12 bits per heavy atom. The first-order valence-electron chi connectivity index (χ1n) is 8.44. The molecule has 0 saturated carbocycles. The third-order valence-corrected chi connectivity index (χ3v) is 4.71. The van der Waals surface area contributed by atoms with Gasteiger partial charge in [-0.25, -0.2) is 0 Å². The topological polar surface area (TPSA) is 81.5 Å². The molecule has 0 unspecified atom stereocenters. The molecule has 2 aromatic carbocycles. The van der Waals surface area contributed by atoms with Crippen molar-refractivity contribution in [2.45, 2.75) is 38.3 Å². The number of nitrogens with one attached hydrogen (secondary N) is 1. The van der Waals surface area contributed by atoms with Gasteiger partial charge in [0.15, 0.2) is 11.9 Å². The number of amides is 1. The Morgan fingerprint density at radius 3 is 2.88 bits per heavy atom. The number of hydrogen-bond donors (Lipinski definition) is 1. The van der Waals surface area contributed by atoms with Crippen LogP contribution >= 0.6 is 11.6 Å². The van der Waals surface area contributed by atoms with Gasteiger partial charge in [0.1, 0.15) is 0 Å². The molecular formula is C19H19ClN2O4. The van der Waals surface area contributed by atoms with Gasteiger partial charge in [0, 0.05) is 11.1 Å². The fourth-order valence-corrected chi connectivity index (χ4v) is 3.34. The van der Waals surface area contributed by atoms with Crippen LogP contribution in [0.5, 0.6) is 5.75 Å². The molecule has 2 aromatic rings. The molecule has 3 rings (SSSR count). The van der Waals surface area contributed by atoms with E-state index >= 15 is 0 Å². The Morgan fingerprint density at radius 1 is 1.35 bits per heavy atom. The lowest BCUT2D eigenvalue weighted by atomic mass is 9.87. The first kappa shape index (κ1) is 18.2. The summed E-state index contributed by atoms with van der Waals surface area (Å²) in [5.41, 5.74) is 2.10. The summed E-state index contributed by atoms with van der Waals surface area (Å²) in [6.07, 6.45) is 1.99. The van der Waals surface area contributed by atoms with Gasteiger partial charge in [0.2, 0.25) is 0 Å². The maximum absolute atomic E-state index is 12.5. The second-order valence-corrected chi connectivity index (χ2v) is 6.72. The van der Waals surface area contributed by atoms with Crippen molar-refractivity contribution in [3.05, 3.63) is 68.7 Å². The lowest BCUT2D eigenvalue weighted by Gasteiger charge is -2.27. The van der Waals surface area contributed by atoms with Crippen LogP contribution in [0.25, 0.3) is 0 Å². The predicted octanol–water partition coefficient (Wildman–Crippen LogP) is 4.21. The number of fused-ring (bicyclic) bond motifs is 1. The molecule has 0 radical (unpaired) electrons. The van der Waals surface area contributed by atoms with Crippen molar-refractivity contribution in [3.8, 4) is 5.75 Å². The fourth-order valence-electron chi connectivity index (χ4n) is 3.17. The fraction of sp³-hybridized carbons (Fsp3) is 0.316. The van der Waals surface area contributed by atoms with Crippen LogP contribution in [-0.4, -0.2) is 16.9 Å². The third-order valence-electron chi connectivity index (χ3n) is 4.48. The number of halogens is 1. The zero-order valence-corrected chi connectivity index (χ0v) is 15.0. The lowest BCUT2D eigenvalue weighted by molar-refractivity contribution is -0.386. The molecule has 0 fully saturated rings. The molecule has 0 spiro atoms. The SMILES string of the molecule is C[C@@H](Oc1ccc(Cl)cc1[N+](=O)[O-])C(=O)N[C@@H]1CCCc2ccccc21. The van der Waals surface area contributed by atoms with Crippen LogP contribution in [0.1, 0.15) is 36.9 Å². The lowest BCUT2D eigenvalue weighted by Crippen LogP contribution is -2.39. The van der Waals surface area contributed by atoms with E-state index in [1.807, 2.05) is 18.2 Å². The highest BCUT2D eigenvalue weighted by Gasteiger charge is 2.26. The van der Waals surface area contributed by atoms with E-state index in [0.29, 0.717) is 0 Å². The van der Waals surface area contributed by atoms with Crippen LogP contribution in [0, 0.1) is 10.1 Å². The van der Waals surface area contributed by atoms with Gasteiger partial charge in [0.25, 0.3) is 5.91 Å². The summed E-state index contributed by atoms with van der Waals surface area (Å²) in [6.45, 7) is 1.57. The number of benzene rings is 2. The molecule has 0 heterocycles. The zero-order valence-electron chi connectivity index (χ0n) is 14.3. The second-order valence-electron chi connectivity index (χ2n) is 6.28. The molecule has 7 heteroatoms. The Kier molecular flexibility index (Phi) is 5.42. The monoisotopic (exact) mass is 374 g/mol. The standard InChI is InChI=1S/C19H19ClN2O4/c1-12(26-18-10-9-14(20)11-17(18)22(24)25)19(23)21-16-8-4-6-13-5-2-3-7-15(13)16/h2-3,5,7,9-12,16H,4,6,8H2,1H3,(H,21,23)/t12-,16-/m1/s1. The van der Waals surface area contributed by atoms with Gasteiger partial charge in [0.05, 0.1) is 11.0 Å². The highest BCUT2D eigenvalue weighted by molar-refractivity contribution is 6.30. The van der Waals surface area contributed by atoms with Crippen molar-refractivity contribution in [1.82, 2.24) is 5.32 Å². The number of ether oxygens (including phenoxy) is 1. The molecule has 0 aromatic heterocycles. The van der Waals surface area contributed by atoms with Gasteiger partial charge in [-0.3, -0.25) is 14.9 Å². The van der Waals surface area contributed by atoms with Crippen molar-refractivity contribution in [2.75, 3.05) is 0 Å². The highest BCUT2D eigenvalue weighted by Crippen LogP contribution is 2.32. The molecule has 0 saturated heterocycles. The molecule has 6 nitrogen and oxygen atoms in total. The van der Waals surface area contributed by atoms with Crippen molar-refractivity contribution in [1.29, 1.82) is 0 Å². The first-order chi connectivity index (χ1) is 12.5. The van der Waals surface area contributed by atoms with E-state index < -0.39 is 11.0 Å². The summed E-state index contributed by atoms with van der Waals surface area (Å²) in [7, 11) is 0. The minimum atomic E-state index is -0.871. The zero-order chi connectivity index (χ0) is 18.7.